The molecule has 2 N–H and O–H groups in total. The van der Waals surface area contributed by atoms with Gasteiger partial charge in [0.2, 0.25) is 11.7 Å². The number of hydrogen-bond acceptors (Lipinski definition) is 10. The number of anilines is 1. The van der Waals surface area contributed by atoms with Gasteiger partial charge in [-0.3, -0.25) is 29.4 Å². The molecule has 0 aliphatic carbocycles. The van der Waals surface area contributed by atoms with Gasteiger partial charge in [-0.1, -0.05) is 40.2 Å². The molecule has 0 spiro atoms. The van der Waals surface area contributed by atoms with E-state index in [4.69, 9.17) is 5.73 Å². The van der Waals surface area contributed by atoms with Crippen molar-refractivity contribution >= 4 is 44.8 Å². The predicted octanol–water partition coefficient (Wildman–Crippen LogP) is 4.54. The Morgan fingerprint density at radius 3 is 2.05 bits per heavy atom. The Labute approximate surface area is 223 Å². The van der Waals surface area contributed by atoms with Crippen LogP contribution in [0.5, 0.6) is 0 Å². The molecule has 5 rings (SSSR count). The number of Topliss-reactive ketones (excluding diaryl/α,β-unsaturated/α-hetero) is 1. The molecule has 14 heteroatoms. The van der Waals surface area contributed by atoms with Gasteiger partial charge in [-0.25, -0.2) is 19.9 Å². The Hall–Kier alpha value is -5.11. The van der Waals surface area contributed by atoms with Gasteiger partial charge in [0, 0.05) is 43.1 Å². The van der Waals surface area contributed by atoms with Crippen LogP contribution in [0.1, 0.15) is 10.4 Å². The van der Waals surface area contributed by atoms with Gasteiger partial charge >= 0.3 is 0 Å². The number of fused-ring (bicyclic) bond motifs is 1. The highest BCUT2D eigenvalue weighted by molar-refractivity contribution is 9.09. The zero-order chi connectivity index (χ0) is 27.5. The third kappa shape index (κ3) is 7.20. The largest absolute Gasteiger partial charge is 0.368 e. The minimum atomic E-state index is -0.560. The lowest BCUT2D eigenvalue weighted by molar-refractivity contribution is -0.385. The molecule has 0 fully saturated rings. The average Bonchev–Trinajstić information content (AvgIpc) is 3.38. The van der Waals surface area contributed by atoms with Gasteiger partial charge in [-0.2, -0.15) is 0 Å². The molecule has 0 bridgehead atoms. The van der Waals surface area contributed by atoms with Gasteiger partial charge in [0.1, 0.15) is 0 Å². The molecular formula is C24H19BrN8O5. The van der Waals surface area contributed by atoms with Crippen LogP contribution in [0, 0.1) is 20.2 Å². The van der Waals surface area contributed by atoms with Crippen molar-refractivity contribution in [3.8, 4) is 11.3 Å². The number of imidazole rings is 1. The number of carbonyl (C=O) groups is 1. The molecule has 0 aliphatic heterocycles. The minimum absolute atomic E-state index is 0.0425. The van der Waals surface area contributed by atoms with E-state index < -0.39 is 9.85 Å². The number of nitrogens with zero attached hydrogens (tertiary/aromatic N) is 7. The van der Waals surface area contributed by atoms with Crippen molar-refractivity contribution in [1.82, 2.24) is 24.3 Å². The number of aromatic nitrogens is 5. The van der Waals surface area contributed by atoms with Crippen LogP contribution in [0.15, 0.2) is 91.6 Å². The van der Waals surface area contributed by atoms with Crippen molar-refractivity contribution in [2.24, 2.45) is 0 Å². The van der Waals surface area contributed by atoms with Crippen LogP contribution in [0.25, 0.3) is 17.0 Å². The van der Waals surface area contributed by atoms with Crippen molar-refractivity contribution in [2.75, 3.05) is 11.1 Å². The number of nitro benzene ring substituents is 2. The Kier molecular flexibility index (Phi) is 9.59. The van der Waals surface area contributed by atoms with Gasteiger partial charge in [0.15, 0.2) is 5.78 Å². The topological polar surface area (TPSA) is 185 Å². The van der Waals surface area contributed by atoms with Crippen LogP contribution in [0.2, 0.25) is 0 Å². The van der Waals surface area contributed by atoms with E-state index in [-0.39, 0.29) is 28.1 Å². The number of hydrogen-bond donors (Lipinski definition) is 1. The standard InChI is InChI=1S/C12H8N4O2.C8H6BrNO3.C4H5N3/c17-16(18)11-5-2-1-4-9(11)10-8-15-7-3-6-13-12(15)14-10;9-5-8(11)6-3-1-2-4-7(6)10(12)13;5-4-6-2-1-3-7-4/h1-8H;1-4H,5H2;1-3H,(H2,5,6,7). The van der Waals surface area contributed by atoms with Crippen molar-refractivity contribution < 1.29 is 14.6 Å². The van der Waals surface area contributed by atoms with Crippen molar-refractivity contribution in [3.63, 3.8) is 0 Å². The first-order chi connectivity index (χ1) is 18.3. The number of alkyl halides is 1. The number of para-hydroxylation sites is 2. The number of ketones is 1. The van der Waals surface area contributed by atoms with Gasteiger partial charge in [0.05, 0.1) is 32.0 Å². The Morgan fingerprint density at radius 2 is 1.47 bits per heavy atom. The predicted molar refractivity (Wildman–Crippen MR) is 143 cm³/mol. The van der Waals surface area contributed by atoms with E-state index in [1.54, 1.807) is 71.8 Å². The van der Waals surface area contributed by atoms with Crippen molar-refractivity contribution in [2.45, 2.75) is 0 Å². The molecule has 38 heavy (non-hydrogen) atoms. The number of nitro groups is 2. The van der Waals surface area contributed by atoms with E-state index >= 15 is 0 Å². The summed E-state index contributed by atoms with van der Waals surface area (Å²) >= 11 is 2.96. The molecule has 0 unspecified atom stereocenters. The summed E-state index contributed by atoms with van der Waals surface area (Å²) in [5.41, 5.74) is 6.21. The van der Waals surface area contributed by atoms with Gasteiger partial charge in [-0.05, 0) is 24.3 Å². The van der Waals surface area contributed by atoms with Crippen molar-refractivity contribution in [1.29, 1.82) is 0 Å². The monoisotopic (exact) mass is 578 g/mol. The smallest absolute Gasteiger partial charge is 0.280 e. The number of nitrogen functional groups attached to an aromatic ring is 1. The van der Waals surface area contributed by atoms with E-state index in [1.165, 1.54) is 24.3 Å². The summed E-state index contributed by atoms with van der Waals surface area (Å²) in [5, 5.41) is 21.5. The second kappa shape index (κ2) is 13.3. The summed E-state index contributed by atoms with van der Waals surface area (Å²) in [7, 11) is 0. The van der Waals surface area contributed by atoms with Crippen LogP contribution in [-0.4, -0.2) is 45.3 Å². The molecule has 3 aromatic heterocycles. The first-order valence-electron chi connectivity index (χ1n) is 10.7. The fourth-order valence-corrected chi connectivity index (χ4v) is 3.36. The van der Waals surface area contributed by atoms with E-state index in [0.717, 1.165) is 0 Å². The highest BCUT2D eigenvalue weighted by atomic mass is 79.9. The van der Waals surface area contributed by atoms with Crippen LogP contribution in [-0.2, 0) is 0 Å². The lowest BCUT2D eigenvalue weighted by Crippen LogP contribution is -2.04. The Morgan fingerprint density at radius 1 is 0.868 bits per heavy atom. The first-order valence-corrected chi connectivity index (χ1v) is 11.8. The highest BCUT2D eigenvalue weighted by Crippen LogP contribution is 2.28. The molecule has 0 saturated heterocycles. The molecule has 192 valence electrons. The second-order valence-corrected chi connectivity index (χ2v) is 7.73. The number of benzene rings is 2. The SMILES string of the molecule is Nc1ncccn1.O=C(CBr)c1ccccc1[N+](=O)[O-].O=[N+]([O-])c1ccccc1-c1cn2cccnc2n1. The van der Waals surface area contributed by atoms with Crippen molar-refractivity contribution in [3.05, 3.63) is 117 Å². The number of halogens is 1. The quantitative estimate of drug-likeness (QED) is 0.134. The third-order valence-corrected chi connectivity index (χ3v) is 5.23. The summed E-state index contributed by atoms with van der Waals surface area (Å²) in [6, 6.07) is 15.9. The zero-order valence-electron chi connectivity index (χ0n) is 19.5. The van der Waals surface area contributed by atoms with Gasteiger partial charge in [0.25, 0.3) is 11.4 Å². The molecule has 0 radical (unpaired) electrons. The van der Waals surface area contributed by atoms with Crippen LogP contribution < -0.4 is 5.73 Å². The molecule has 0 aliphatic rings. The maximum atomic E-state index is 11.2. The zero-order valence-corrected chi connectivity index (χ0v) is 21.1. The molecule has 13 nitrogen and oxygen atoms in total. The second-order valence-electron chi connectivity index (χ2n) is 7.17. The summed E-state index contributed by atoms with van der Waals surface area (Å²) in [4.78, 5) is 47.3. The summed E-state index contributed by atoms with van der Waals surface area (Å²) in [6.07, 6.45) is 8.36. The fourth-order valence-electron chi connectivity index (χ4n) is 3.06. The molecular weight excluding hydrogens is 560 g/mol. The van der Waals surface area contributed by atoms with Crippen LogP contribution in [0.4, 0.5) is 17.3 Å². The average molecular weight is 579 g/mol. The lowest BCUT2D eigenvalue weighted by Gasteiger charge is -1.97. The van der Waals surface area contributed by atoms with E-state index in [1.807, 2.05) is 0 Å². The van der Waals surface area contributed by atoms with Crippen LogP contribution >= 0.6 is 15.9 Å². The molecule has 0 saturated carbocycles. The summed E-state index contributed by atoms with van der Waals surface area (Å²) in [6.45, 7) is 0. The normalized spacial score (nSPS) is 9.92. The first kappa shape index (κ1) is 27.5. The lowest BCUT2D eigenvalue weighted by atomic mass is 10.1. The Bertz CT molecular complexity index is 1530. The van der Waals surface area contributed by atoms with E-state index in [0.29, 0.717) is 23.0 Å². The highest BCUT2D eigenvalue weighted by Gasteiger charge is 2.18. The van der Waals surface area contributed by atoms with Gasteiger partial charge < -0.3 is 5.73 Å². The maximum absolute atomic E-state index is 11.2. The van der Waals surface area contributed by atoms with Crippen LogP contribution in [0.3, 0.4) is 0 Å². The number of carbonyl (C=O) groups excluding carboxylic acids is 1. The molecule has 5 aromatic rings. The molecule has 3 heterocycles. The third-order valence-electron chi connectivity index (χ3n) is 4.72. The number of rotatable bonds is 5. The maximum Gasteiger partial charge on any atom is 0.280 e. The minimum Gasteiger partial charge on any atom is -0.368 e. The molecule has 0 atom stereocenters. The molecule has 0 amide bonds. The van der Waals surface area contributed by atoms with E-state index in [9.17, 15) is 25.0 Å². The Balaban J connectivity index is 0.000000175. The molecule has 2 aromatic carbocycles. The number of nitrogens with two attached hydrogens (primary N) is 1. The van der Waals surface area contributed by atoms with Gasteiger partial charge in [-0.15, -0.1) is 0 Å². The summed E-state index contributed by atoms with van der Waals surface area (Å²) < 4.78 is 1.73. The summed E-state index contributed by atoms with van der Waals surface area (Å²) in [5.74, 6) is 0.556. The van der Waals surface area contributed by atoms with E-state index in [2.05, 4.69) is 35.9 Å². The fraction of sp³-hybridized carbons (Fsp3) is 0.0417.